The maximum atomic E-state index is 11.9. The van der Waals surface area contributed by atoms with Crippen LogP contribution in [-0.4, -0.2) is 44.4 Å². The molecule has 2 rings (SSSR count). The molecule has 0 N–H and O–H groups in total. The van der Waals surface area contributed by atoms with Gasteiger partial charge in [-0.15, -0.1) is 0 Å². The molecule has 1 aliphatic heterocycles. The van der Waals surface area contributed by atoms with Crippen LogP contribution < -0.4 is 9.47 Å². The molecule has 1 saturated heterocycles. The van der Waals surface area contributed by atoms with Crippen LogP contribution in [0.3, 0.4) is 0 Å². The highest BCUT2D eigenvalue weighted by molar-refractivity contribution is 5.68. The minimum Gasteiger partial charge on any atom is -0.493 e. The van der Waals surface area contributed by atoms with Gasteiger partial charge in [0.05, 0.1) is 20.8 Å². The number of ether oxygens (including phenoxy) is 3. The van der Waals surface area contributed by atoms with Crippen LogP contribution in [-0.2, 0) is 11.2 Å². The molecule has 1 aromatic carbocycles. The second-order valence-electron chi connectivity index (χ2n) is 5.08. The van der Waals surface area contributed by atoms with Crippen LogP contribution in [0.2, 0.25) is 0 Å². The first-order valence-electron chi connectivity index (χ1n) is 7.33. The lowest BCUT2D eigenvalue weighted by Gasteiger charge is -2.24. The molecule has 21 heavy (non-hydrogen) atoms. The van der Waals surface area contributed by atoms with Crippen molar-refractivity contribution in [3.63, 3.8) is 0 Å². The number of carbonyl (C=O) groups is 1. The smallest absolute Gasteiger partial charge is 0.410 e. The number of nitrogens with zero attached hydrogens (tertiary/aromatic N) is 1. The summed E-state index contributed by atoms with van der Waals surface area (Å²) in [6.07, 6.45) is 2.63. The Hall–Kier alpha value is -1.91. The molecule has 0 spiro atoms. The molecule has 0 aliphatic carbocycles. The van der Waals surface area contributed by atoms with E-state index in [1.54, 1.807) is 14.2 Å². The summed E-state index contributed by atoms with van der Waals surface area (Å²) >= 11 is 0. The van der Waals surface area contributed by atoms with E-state index in [0.717, 1.165) is 42.9 Å². The second-order valence-corrected chi connectivity index (χ2v) is 5.08. The zero-order valence-corrected chi connectivity index (χ0v) is 12.9. The molecular formula is C16H23NO4. The highest BCUT2D eigenvalue weighted by atomic mass is 16.6. The summed E-state index contributed by atoms with van der Waals surface area (Å²) in [5.74, 6) is 1.44. The molecule has 1 heterocycles. The fraction of sp³-hybridized carbons (Fsp3) is 0.562. The third kappa shape index (κ3) is 3.60. The van der Waals surface area contributed by atoms with Crippen molar-refractivity contribution in [3.05, 3.63) is 23.8 Å². The maximum absolute atomic E-state index is 11.9. The van der Waals surface area contributed by atoms with Gasteiger partial charge >= 0.3 is 6.09 Å². The van der Waals surface area contributed by atoms with Gasteiger partial charge in [-0.2, -0.15) is 0 Å². The molecule has 1 fully saturated rings. The zero-order valence-electron chi connectivity index (χ0n) is 12.9. The predicted molar refractivity (Wildman–Crippen MR) is 80.0 cm³/mol. The van der Waals surface area contributed by atoms with Gasteiger partial charge in [-0.25, -0.2) is 4.79 Å². The third-order valence-corrected chi connectivity index (χ3v) is 3.80. The molecule has 5 heteroatoms. The highest BCUT2D eigenvalue weighted by Crippen LogP contribution is 2.30. The van der Waals surface area contributed by atoms with Gasteiger partial charge in [0.25, 0.3) is 0 Å². The van der Waals surface area contributed by atoms with Crippen LogP contribution in [0, 0.1) is 0 Å². The van der Waals surface area contributed by atoms with E-state index in [0.29, 0.717) is 6.61 Å². The molecule has 0 aromatic heterocycles. The molecule has 0 unspecified atom stereocenters. The third-order valence-electron chi connectivity index (χ3n) is 3.80. The largest absolute Gasteiger partial charge is 0.493 e. The molecule has 1 aliphatic rings. The van der Waals surface area contributed by atoms with Gasteiger partial charge < -0.3 is 19.1 Å². The molecule has 1 atom stereocenters. The van der Waals surface area contributed by atoms with Crippen LogP contribution >= 0.6 is 0 Å². The number of likely N-dealkylation sites (tertiary alicyclic amines) is 1. The Morgan fingerprint density at radius 1 is 1.29 bits per heavy atom. The van der Waals surface area contributed by atoms with Crippen molar-refractivity contribution >= 4 is 6.09 Å². The lowest BCUT2D eigenvalue weighted by Crippen LogP contribution is -2.37. The number of benzene rings is 1. The minimum absolute atomic E-state index is 0.196. The van der Waals surface area contributed by atoms with Crippen molar-refractivity contribution in [2.75, 3.05) is 27.4 Å². The Kier molecular flexibility index (Phi) is 5.31. The molecule has 116 valence electrons. The fourth-order valence-electron chi connectivity index (χ4n) is 2.77. The van der Waals surface area contributed by atoms with Crippen molar-refractivity contribution in [2.45, 2.75) is 32.2 Å². The first kappa shape index (κ1) is 15.5. The van der Waals surface area contributed by atoms with E-state index in [2.05, 4.69) is 0 Å². The van der Waals surface area contributed by atoms with E-state index in [-0.39, 0.29) is 12.1 Å². The monoisotopic (exact) mass is 293 g/mol. The number of hydrogen-bond acceptors (Lipinski definition) is 4. The molecule has 5 nitrogen and oxygen atoms in total. The first-order valence-corrected chi connectivity index (χ1v) is 7.33. The summed E-state index contributed by atoms with van der Waals surface area (Å²) in [5, 5.41) is 0. The van der Waals surface area contributed by atoms with Crippen LogP contribution in [0.5, 0.6) is 11.5 Å². The van der Waals surface area contributed by atoms with E-state index in [4.69, 9.17) is 14.2 Å². The van der Waals surface area contributed by atoms with Gasteiger partial charge in [-0.1, -0.05) is 6.07 Å². The Bertz CT molecular complexity index is 489. The highest BCUT2D eigenvalue weighted by Gasteiger charge is 2.29. The average molecular weight is 293 g/mol. The fourth-order valence-corrected chi connectivity index (χ4v) is 2.77. The Morgan fingerprint density at radius 2 is 2.05 bits per heavy atom. The van der Waals surface area contributed by atoms with E-state index in [9.17, 15) is 4.79 Å². The van der Waals surface area contributed by atoms with E-state index in [1.807, 2.05) is 30.0 Å². The van der Waals surface area contributed by atoms with Crippen molar-refractivity contribution < 1.29 is 19.0 Å². The van der Waals surface area contributed by atoms with Crippen LogP contribution in [0.25, 0.3) is 0 Å². The molecular weight excluding hydrogens is 270 g/mol. The normalized spacial score (nSPS) is 17.7. The zero-order chi connectivity index (χ0) is 15.2. The number of carbonyl (C=O) groups excluding carboxylic acids is 1. The van der Waals surface area contributed by atoms with Crippen LogP contribution in [0.4, 0.5) is 4.79 Å². The van der Waals surface area contributed by atoms with E-state index < -0.39 is 0 Å². The summed E-state index contributed by atoms with van der Waals surface area (Å²) in [6, 6.07) is 6.09. The van der Waals surface area contributed by atoms with Gasteiger partial charge in [-0.05, 0) is 43.9 Å². The minimum atomic E-state index is -0.208. The van der Waals surface area contributed by atoms with Gasteiger partial charge in [-0.3, -0.25) is 0 Å². The standard InChI is InChI=1S/C16H23NO4/c1-4-21-16(18)17-9-5-6-13(17)10-12-7-8-14(19-2)15(11-12)20-3/h7-8,11,13H,4-6,9-10H2,1-3H3/t13-/m1/s1. The van der Waals surface area contributed by atoms with Gasteiger partial charge in [0.1, 0.15) is 0 Å². The van der Waals surface area contributed by atoms with Gasteiger partial charge in [0.15, 0.2) is 11.5 Å². The van der Waals surface area contributed by atoms with Crippen molar-refractivity contribution in [2.24, 2.45) is 0 Å². The van der Waals surface area contributed by atoms with E-state index in [1.165, 1.54) is 0 Å². The average Bonchev–Trinajstić information content (AvgIpc) is 2.95. The van der Waals surface area contributed by atoms with Gasteiger partial charge in [0.2, 0.25) is 0 Å². The molecule has 1 aromatic rings. The molecule has 1 amide bonds. The van der Waals surface area contributed by atoms with Crippen molar-refractivity contribution in [1.29, 1.82) is 0 Å². The SMILES string of the molecule is CCOC(=O)N1CCC[C@@H]1Cc1ccc(OC)c(OC)c1. The number of hydrogen-bond donors (Lipinski definition) is 0. The number of amides is 1. The van der Waals surface area contributed by atoms with Crippen molar-refractivity contribution in [1.82, 2.24) is 4.90 Å². The van der Waals surface area contributed by atoms with Crippen LogP contribution in [0.1, 0.15) is 25.3 Å². The van der Waals surface area contributed by atoms with E-state index >= 15 is 0 Å². The number of rotatable bonds is 5. The first-order chi connectivity index (χ1) is 10.2. The van der Waals surface area contributed by atoms with Gasteiger partial charge in [0, 0.05) is 12.6 Å². The Labute approximate surface area is 125 Å². The molecule has 0 radical (unpaired) electrons. The lowest BCUT2D eigenvalue weighted by atomic mass is 10.0. The maximum Gasteiger partial charge on any atom is 0.410 e. The molecule has 0 saturated carbocycles. The van der Waals surface area contributed by atoms with Crippen LogP contribution in [0.15, 0.2) is 18.2 Å². The number of methoxy groups -OCH3 is 2. The Balaban J connectivity index is 2.08. The summed E-state index contributed by atoms with van der Waals surface area (Å²) in [4.78, 5) is 13.8. The topological polar surface area (TPSA) is 48.0 Å². The Morgan fingerprint density at radius 3 is 2.71 bits per heavy atom. The summed E-state index contributed by atoms with van der Waals surface area (Å²) in [7, 11) is 3.25. The lowest BCUT2D eigenvalue weighted by molar-refractivity contribution is 0.103. The van der Waals surface area contributed by atoms with Crippen molar-refractivity contribution in [3.8, 4) is 11.5 Å². The second kappa shape index (κ2) is 7.20. The summed E-state index contributed by atoms with van der Waals surface area (Å²) < 4.78 is 15.7. The predicted octanol–water partition coefficient (Wildman–Crippen LogP) is 2.87. The quantitative estimate of drug-likeness (QED) is 0.837. The summed E-state index contributed by atoms with van der Waals surface area (Å²) in [5.41, 5.74) is 1.13. The molecule has 0 bridgehead atoms. The summed E-state index contributed by atoms with van der Waals surface area (Å²) in [6.45, 7) is 3.02.